The van der Waals surface area contributed by atoms with E-state index in [0.717, 1.165) is 12.8 Å². The summed E-state index contributed by atoms with van der Waals surface area (Å²) in [6.07, 6.45) is 6.11. The van der Waals surface area contributed by atoms with Crippen molar-refractivity contribution in [3.05, 3.63) is 0 Å². The lowest BCUT2D eigenvalue weighted by Gasteiger charge is -2.23. The largest absolute Gasteiger partial charge is 0.389 e. The second kappa shape index (κ2) is 8.44. The molecule has 5 heteroatoms. The molecule has 0 aliphatic heterocycles. The number of rotatable bonds is 8. The smallest absolute Gasteiger partial charge is 0.218 e. The normalized spacial score (nSPS) is 19.1. The molecule has 0 saturated heterocycles. The van der Waals surface area contributed by atoms with Crippen LogP contribution in [0.5, 0.6) is 0 Å². The van der Waals surface area contributed by atoms with E-state index in [9.17, 15) is 9.90 Å². The van der Waals surface area contributed by atoms with Crippen molar-refractivity contribution in [2.24, 2.45) is 5.73 Å². The molecule has 0 heterocycles. The van der Waals surface area contributed by atoms with Gasteiger partial charge in [0.1, 0.15) is 0 Å². The second-order valence-electron chi connectivity index (χ2n) is 4.67. The summed E-state index contributed by atoms with van der Waals surface area (Å²) >= 11 is 0. The lowest BCUT2D eigenvalue weighted by Crippen LogP contribution is -2.34. The summed E-state index contributed by atoms with van der Waals surface area (Å²) in [5.74, 6) is -0.328. The van der Waals surface area contributed by atoms with Gasteiger partial charge in [0, 0.05) is 19.5 Å². The van der Waals surface area contributed by atoms with Crippen molar-refractivity contribution in [2.45, 2.75) is 50.7 Å². The highest BCUT2D eigenvalue weighted by Gasteiger charge is 2.15. The standard InChI is InChI=1S/C12H24N2O3/c13-12(16)6-7-14-8-10(15)9-17-11-4-2-1-3-5-11/h10-11,14-15H,1-9H2,(H2,13,16). The Morgan fingerprint density at radius 3 is 2.76 bits per heavy atom. The lowest BCUT2D eigenvalue weighted by molar-refractivity contribution is -0.117. The fourth-order valence-electron chi connectivity index (χ4n) is 2.02. The average Bonchev–Trinajstić information content (AvgIpc) is 2.33. The van der Waals surface area contributed by atoms with Gasteiger partial charge in [-0.25, -0.2) is 0 Å². The first kappa shape index (κ1) is 14.4. The van der Waals surface area contributed by atoms with Gasteiger partial charge in [-0.05, 0) is 12.8 Å². The van der Waals surface area contributed by atoms with Gasteiger partial charge in [-0.2, -0.15) is 0 Å². The third-order valence-electron chi connectivity index (χ3n) is 3.00. The highest BCUT2D eigenvalue weighted by molar-refractivity contribution is 5.73. The molecule has 1 unspecified atom stereocenters. The molecule has 1 rings (SSSR count). The quantitative estimate of drug-likeness (QED) is 0.531. The molecule has 4 N–H and O–H groups in total. The van der Waals surface area contributed by atoms with E-state index >= 15 is 0 Å². The topological polar surface area (TPSA) is 84.6 Å². The molecule has 1 aliphatic carbocycles. The summed E-state index contributed by atoms with van der Waals surface area (Å²) in [4.78, 5) is 10.5. The van der Waals surface area contributed by atoms with E-state index in [4.69, 9.17) is 10.5 Å². The van der Waals surface area contributed by atoms with Crippen molar-refractivity contribution in [3.8, 4) is 0 Å². The Bertz CT molecular complexity index is 218. The first-order chi connectivity index (χ1) is 8.18. The SMILES string of the molecule is NC(=O)CCNCC(O)COC1CCCCC1. The van der Waals surface area contributed by atoms with Gasteiger partial charge >= 0.3 is 0 Å². The third kappa shape index (κ3) is 7.31. The molecule has 0 bridgehead atoms. The van der Waals surface area contributed by atoms with Crippen LogP contribution in [0.1, 0.15) is 38.5 Å². The van der Waals surface area contributed by atoms with E-state index in [1.165, 1.54) is 19.3 Å². The van der Waals surface area contributed by atoms with Gasteiger partial charge in [0.15, 0.2) is 0 Å². The maximum absolute atomic E-state index is 10.5. The van der Waals surface area contributed by atoms with E-state index in [2.05, 4.69) is 5.32 Å². The van der Waals surface area contributed by atoms with Crippen molar-refractivity contribution in [1.82, 2.24) is 5.32 Å². The number of nitrogens with two attached hydrogens (primary N) is 1. The fourth-order valence-corrected chi connectivity index (χ4v) is 2.02. The summed E-state index contributed by atoms with van der Waals surface area (Å²) in [5, 5.41) is 12.6. The summed E-state index contributed by atoms with van der Waals surface area (Å²) in [6, 6.07) is 0. The van der Waals surface area contributed by atoms with Crippen LogP contribution in [0.3, 0.4) is 0 Å². The molecular weight excluding hydrogens is 220 g/mol. The molecular formula is C12H24N2O3. The molecule has 0 radical (unpaired) electrons. The number of carbonyl (C=O) groups is 1. The molecule has 1 saturated carbocycles. The van der Waals surface area contributed by atoms with Crippen LogP contribution in [0.2, 0.25) is 0 Å². The molecule has 1 aliphatic rings. The van der Waals surface area contributed by atoms with Crippen molar-refractivity contribution in [2.75, 3.05) is 19.7 Å². The molecule has 1 atom stereocenters. The van der Waals surface area contributed by atoms with Gasteiger partial charge < -0.3 is 20.9 Å². The zero-order chi connectivity index (χ0) is 12.5. The zero-order valence-electron chi connectivity index (χ0n) is 10.4. The molecule has 0 aromatic carbocycles. The van der Waals surface area contributed by atoms with Crippen LogP contribution in [0.25, 0.3) is 0 Å². The molecule has 100 valence electrons. The summed E-state index contributed by atoms with van der Waals surface area (Å²) in [5.41, 5.74) is 5.00. The first-order valence-electron chi connectivity index (χ1n) is 6.47. The Balaban J connectivity index is 1.96. The predicted molar refractivity (Wildman–Crippen MR) is 65.5 cm³/mol. The number of primary amides is 1. The van der Waals surface area contributed by atoms with Gasteiger partial charge in [-0.3, -0.25) is 4.79 Å². The van der Waals surface area contributed by atoms with Crippen LogP contribution < -0.4 is 11.1 Å². The minimum Gasteiger partial charge on any atom is -0.389 e. The van der Waals surface area contributed by atoms with Gasteiger partial charge in [-0.1, -0.05) is 19.3 Å². The average molecular weight is 244 g/mol. The summed E-state index contributed by atoms with van der Waals surface area (Å²) in [7, 11) is 0. The predicted octanol–water partition coefficient (Wildman–Crippen LogP) is 0.162. The highest BCUT2D eigenvalue weighted by Crippen LogP contribution is 2.20. The number of nitrogens with one attached hydrogen (secondary N) is 1. The Labute approximate surface area is 103 Å². The first-order valence-corrected chi connectivity index (χ1v) is 6.47. The fraction of sp³-hybridized carbons (Fsp3) is 0.917. The maximum Gasteiger partial charge on any atom is 0.218 e. The van der Waals surface area contributed by atoms with Crippen molar-refractivity contribution >= 4 is 5.91 Å². The monoisotopic (exact) mass is 244 g/mol. The van der Waals surface area contributed by atoms with Crippen LogP contribution in [-0.4, -0.2) is 42.9 Å². The van der Waals surface area contributed by atoms with Gasteiger partial charge in [0.05, 0.1) is 18.8 Å². The Kier molecular flexibility index (Phi) is 7.16. The van der Waals surface area contributed by atoms with Gasteiger partial charge in [0.2, 0.25) is 5.91 Å². The Morgan fingerprint density at radius 1 is 1.41 bits per heavy atom. The third-order valence-corrected chi connectivity index (χ3v) is 3.00. The molecule has 5 nitrogen and oxygen atoms in total. The maximum atomic E-state index is 10.5. The van der Waals surface area contributed by atoms with Gasteiger partial charge in [0.25, 0.3) is 0 Å². The summed E-state index contributed by atoms with van der Waals surface area (Å²) < 4.78 is 5.64. The van der Waals surface area contributed by atoms with Crippen LogP contribution in [0, 0.1) is 0 Å². The molecule has 0 aromatic heterocycles. The lowest BCUT2D eigenvalue weighted by atomic mass is 9.98. The Hall–Kier alpha value is -0.650. The number of amides is 1. The number of ether oxygens (including phenoxy) is 1. The Morgan fingerprint density at radius 2 is 2.12 bits per heavy atom. The van der Waals surface area contributed by atoms with Crippen molar-refractivity contribution in [1.29, 1.82) is 0 Å². The molecule has 1 amide bonds. The zero-order valence-corrected chi connectivity index (χ0v) is 10.4. The van der Waals surface area contributed by atoms with Gasteiger partial charge in [-0.15, -0.1) is 0 Å². The van der Waals surface area contributed by atoms with Crippen LogP contribution in [-0.2, 0) is 9.53 Å². The molecule has 0 spiro atoms. The van der Waals surface area contributed by atoms with Crippen molar-refractivity contribution in [3.63, 3.8) is 0 Å². The number of aliphatic hydroxyl groups is 1. The van der Waals surface area contributed by atoms with Crippen molar-refractivity contribution < 1.29 is 14.6 Å². The molecule has 17 heavy (non-hydrogen) atoms. The van der Waals surface area contributed by atoms with E-state index < -0.39 is 6.10 Å². The second-order valence-corrected chi connectivity index (χ2v) is 4.67. The van der Waals surface area contributed by atoms with Crippen LogP contribution in [0.15, 0.2) is 0 Å². The van der Waals surface area contributed by atoms with Crippen LogP contribution in [0.4, 0.5) is 0 Å². The van der Waals surface area contributed by atoms with E-state index in [1.54, 1.807) is 0 Å². The highest BCUT2D eigenvalue weighted by atomic mass is 16.5. The number of aliphatic hydroxyl groups excluding tert-OH is 1. The minimum atomic E-state index is -0.509. The van der Waals surface area contributed by atoms with E-state index in [-0.39, 0.29) is 5.91 Å². The molecule has 1 fully saturated rings. The number of hydrogen-bond donors (Lipinski definition) is 3. The van der Waals surface area contributed by atoms with Crippen LogP contribution >= 0.6 is 0 Å². The number of carbonyl (C=O) groups excluding carboxylic acids is 1. The molecule has 0 aromatic rings. The summed E-state index contributed by atoms with van der Waals surface area (Å²) in [6.45, 7) is 1.32. The number of hydrogen-bond acceptors (Lipinski definition) is 4. The van der Waals surface area contributed by atoms with E-state index in [1.807, 2.05) is 0 Å². The van der Waals surface area contributed by atoms with E-state index in [0.29, 0.717) is 32.2 Å². The minimum absolute atomic E-state index is 0.302.